The van der Waals surface area contributed by atoms with Gasteiger partial charge in [-0.1, -0.05) is 48.5 Å². The highest BCUT2D eigenvalue weighted by Gasteiger charge is 2.21. The summed E-state index contributed by atoms with van der Waals surface area (Å²) in [5.74, 6) is -2.00. The molecular formula is C25H25N3O7. The van der Waals surface area contributed by atoms with Crippen LogP contribution in [0, 0.1) is 6.92 Å². The Morgan fingerprint density at radius 3 is 2.26 bits per heavy atom. The third-order valence-corrected chi connectivity index (χ3v) is 5.25. The number of carboxylic acid groups (broad SMARTS) is 1. The maximum Gasteiger partial charge on any atom is 0.408 e. The highest BCUT2D eigenvalue weighted by atomic mass is 16.5. The molecule has 10 nitrogen and oxygen atoms in total. The lowest BCUT2D eigenvalue weighted by molar-refractivity contribution is -0.139. The first-order chi connectivity index (χ1) is 16.8. The molecule has 1 amide bonds. The quantitative estimate of drug-likeness (QED) is 0.480. The number of carbonyl (C=O) groups excluding carboxylic acids is 2. The van der Waals surface area contributed by atoms with Crippen LogP contribution in [0.4, 0.5) is 4.79 Å². The number of benzene rings is 2. The molecule has 0 bridgehead atoms. The minimum atomic E-state index is -1.26. The predicted octanol–water partition coefficient (Wildman–Crippen LogP) is 2.17. The summed E-state index contributed by atoms with van der Waals surface area (Å²) in [7, 11) is 0. The fourth-order valence-corrected chi connectivity index (χ4v) is 3.42. The first kappa shape index (κ1) is 25.2. The summed E-state index contributed by atoms with van der Waals surface area (Å²) in [4.78, 5) is 61.7. The zero-order valence-electron chi connectivity index (χ0n) is 19.0. The number of aryl methyl sites for hydroxylation is 2. The molecule has 0 aliphatic heterocycles. The van der Waals surface area contributed by atoms with E-state index in [1.54, 1.807) is 42.5 Å². The van der Waals surface area contributed by atoms with Crippen molar-refractivity contribution >= 4 is 18.0 Å². The van der Waals surface area contributed by atoms with E-state index in [1.807, 2.05) is 6.07 Å². The maximum absolute atomic E-state index is 12.9. The van der Waals surface area contributed by atoms with E-state index in [9.17, 15) is 29.1 Å². The highest BCUT2D eigenvalue weighted by molar-refractivity contribution is 5.95. The Labute approximate surface area is 200 Å². The van der Waals surface area contributed by atoms with Crippen LogP contribution >= 0.6 is 0 Å². The van der Waals surface area contributed by atoms with Crippen LogP contribution in [-0.4, -0.2) is 38.3 Å². The van der Waals surface area contributed by atoms with Gasteiger partial charge in [0.15, 0.2) is 0 Å². The molecule has 2 N–H and O–H groups in total. The van der Waals surface area contributed by atoms with Gasteiger partial charge in [0.25, 0.3) is 11.5 Å². The molecular weight excluding hydrogens is 454 g/mol. The number of nitrogens with one attached hydrogen (secondary N) is 1. The van der Waals surface area contributed by atoms with Gasteiger partial charge in [-0.3, -0.25) is 14.2 Å². The first-order valence-electron chi connectivity index (χ1n) is 10.9. The van der Waals surface area contributed by atoms with Crippen LogP contribution < -0.4 is 16.6 Å². The molecule has 1 unspecified atom stereocenters. The molecule has 0 radical (unpaired) electrons. The number of hydrogen-bond donors (Lipinski definition) is 2. The summed E-state index contributed by atoms with van der Waals surface area (Å²) in [5, 5.41) is 11.8. The van der Waals surface area contributed by atoms with Crippen molar-refractivity contribution in [3.05, 3.63) is 104 Å². The van der Waals surface area contributed by atoms with Gasteiger partial charge < -0.3 is 15.2 Å². The van der Waals surface area contributed by atoms with Gasteiger partial charge in [0.2, 0.25) is 0 Å². The molecule has 35 heavy (non-hydrogen) atoms. The van der Waals surface area contributed by atoms with E-state index in [0.29, 0.717) is 4.57 Å². The lowest BCUT2D eigenvalue weighted by Gasteiger charge is -2.15. The zero-order valence-corrected chi connectivity index (χ0v) is 19.0. The summed E-state index contributed by atoms with van der Waals surface area (Å²) in [6, 6.07) is 15.6. The van der Waals surface area contributed by atoms with E-state index in [-0.39, 0.29) is 37.1 Å². The van der Waals surface area contributed by atoms with E-state index < -0.39 is 35.3 Å². The summed E-state index contributed by atoms with van der Waals surface area (Å²) in [5.41, 5.74) is -0.411. The van der Waals surface area contributed by atoms with Crippen molar-refractivity contribution in [1.29, 1.82) is 0 Å². The Morgan fingerprint density at radius 1 is 1.00 bits per heavy atom. The van der Waals surface area contributed by atoms with Crippen LogP contribution in [0.2, 0.25) is 0 Å². The van der Waals surface area contributed by atoms with Crippen LogP contribution in [0.3, 0.4) is 0 Å². The number of aromatic nitrogens is 2. The second-order valence-corrected chi connectivity index (χ2v) is 7.84. The van der Waals surface area contributed by atoms with Gasteiger partial charge in [0, 0.05) is 23.9 Å². The number of ether oxygens (including phenoxy) is 1. The number of hydrogen-bond acceptors (Lipinski definition) is 6. The first-order valence-corrected chi connectivity index (χ1v) is 10.9. The summed E-state index contributed by atoms with van der Waals surface area (Å²) in [6.07, 6.45) is 0.618. The van der Waals surface area contributed by atoms with E-state index >= 15 is 0 Å². The van der Waals surface area contributed by atoms with Crippen molar-refractivity contribution in [1.82, 2.24) is 14.5 Å². The van der Waals surface area contributed by atoms with Gasteiger partial charge >= 0.3 is 17.8 Å². The van der Waals surface area contributed by atoms with Crippen molar-refractivity contribution in [3.63, 3.8) is 0 Å². The molecule has 0 saturated heterocycles. The largest absolute Gasteiger partial charge is 0.480 e. The molecule has 0 aliphatic rings. The molecule has 0 spiro atoms. The second-order valence-electron chi connectivity index (χ2n) is 7.84. The zero-order chi connectivity index (χ0) is 25.4. The summed E-state index contributed by atoms with van der Waals surface area (Å²) < 4.78 is 6.81. The van der Waals surface area contributed by atoms with Crippen LogP contribution in [-0.2, 0) is 22.7 Å². The van der Waals surface area contributed by atoms with Crippen LogP contribution in [0.25, 0.3) is 0 Å². The third kappa shape index (κ3) is 6.53. The Bertz CT molecular complexity index is 1310. The van der Waals surface area contributed by atoms with Crippen LogP contribution in [0.1, 0.15) is 34.3 Å². The van der Waals surface area contributed by atoms with E-state index in [2.05, 4.69) is 5.32 Å². The lowest BCUT2D eigenvalue weighted by atomic mass is 10.1. The number of alkyl carbamates (subject to hydrolysis) is 1. The van der Waals surface area contributed by atoms with Crippen LogP contribution in [0.15, 0.2) is 76.4 Å². The molecule has 0 saturated carbocycles. The number of carboxylic acids is 1. The minimum absolute atomic E-state index is 0.00693. The van der Waals surface area contributed by atoms with Crippen molar-refractivity contribution in [2.75, 3.05) is 0 Å². The molecule has 1 aromatic heterocycles. The van der Waals surface area contributed by atoms with Gasteiger partial charge in [-0.25, -0.2) is 14.4 Å². The van der Waals surface area contributed by atoms with E-state index in [0.717, 1.165) is 5.56 Å². The molecule has 3 aromatic rings. The van der Waals surface area contributed by atoms with Gasteiger partial charge in [0.05, 0.1) is 0 Å². The van der Waals surface area contributed by atoms with Gasteiger partial charge in [-0.2, -0.15) is 4.57 Å². The molecule has 182 valence electrons. The van der Waals surface area contributed by atoms with E-state index in [4.69, 9.17) is 4.74 Å². The molecule has 3 rings (SSSR count). The lowest BCUT2D eigenvalue weighted by Crippen LogP contribution is -2.45. The molecule has 1 heterocycles. The SMILES string of the molecule is Cc1cn(CCCC(NC(=O)OCc2ccccc2)C(=O)O)c(=O)n(C(=O)c2ccccc2)c1=O. The van der Waals surface area contributed by atoms with Gasteiger partial charge in [-0.05, 0) is 37.5 Å². The number of nitrogens with zero attached hydrogens (tertiary/aromatic N) is 2. The molecule has 10 heteroatoms. The number of aliphatic carboxylic acids is 1. The predicted molar refractivity (Wildman–Crippen MR) is 126 cm³/mol. The normalized spacial score (nSPS) is 11.5. The average Bonchev–Trinajstić information content (AvgIpc) is 2.86. The Kier molecular flexibility index (Phi) is 8.33. The average molecular weight is 479 g/mol. The highest BCUT2D eigenvalue weighted by Crippen LogP contribution is 2.05. The van der Waals surface area contributed by atoms with Crippen molar-refractivity contribution < 1.29 is 24.2 Å². The summed E-state index contributed by atoms with van der Waals surface area (Å²) in [6.45, 7) is 1.51. The summed E-state index contributed by atoms with van der Waals surface area (Å²) >= 11 is 0. The van der Waals surface area contributed by atoms with E-state index in [1.165, 1.54) is 29.8 Å². The maximum atomic E-state index is 12.9. The van der Waals surface area contributed by atoms with Crippen molar-refractivity contribution in [2.24, 2.45) is 0 Å². The topological polar surface area (TPSA) is 137 Å². The third-order valence-electron chi connectivity index (χ3n) is 5.25. The second kappa shape index (κ2) is 11.6. The molecule has 0 aliphatic carbocycles. The van der Waals surface area contributed by atoms with Gasteiger partial charge in [0.1, 0.15) is 12.6 Å². The number of carbonyl (C=O) groups is 3. The molecule has 0 fully saturated rings. The number of rotatable bonds is 9. The minimum Gasteiger partial charge on any atom is -0.480 e. The number of amides is 1. The smallest absolute Gasteiger partial charge is 0.408 e. The standard InChI is InChI=1S/C25H25N3O7/c1-17-15-27(25(34)28(21(17)29)22(30)19-11-6-3-7-12-19)14-8-13-20(23(31)32)26-24(33)35-16-18-9-4-2-5-10-18/h2-7,9-12,15,20H,8,13-14,16H2,1H3,(H,26,33)(H,31,32). The monoisotopic (exact) mass is 479 g/mol. The molecule has 2 aromatic carbocycles. The Hall–Kier alpha value is -4.47. The van der Waals surface area contributed by atoms with Crippen LogP contribution in [0.5, 0.6) is 0 Å². The van der Waals surface area contributed by atoms with Crippen molar-refractivity contribution in [2.45, 2.75) is 39.0 Å². The van der Waals surface area contributed by atoms with Crippen molar-refractivity contribution in [3.8, 4) is 0 Å². The molecule has 1 atom stereocenters. The fourth-order valence-electron chi connectivity index (χ4n) is 3.42. The Balaban J connectivity index is 1.65. The Morgan fingerprint density at radius 2 is 1.63 bits per heavy atom. The fraction of sp³-hybridized carbons (Fsp3) is 0.240. The van der Waals surface area contributed by atoms with Gasteiger partial charge in [-0.15, -0.1) is 0 Å².